The van der Waals surface area contributed by atoms with Crippen LogP contribution in [0.4, 0.5) is 5.69 Å². The van der Waals surface area contributed by atoms with Crippen LogP contribution in [-0.2, 0) is 17.8 Å². The lowest BCUT2D eigenvalue weighted by molar-refractivity contribution is -0.114. The molecule has 102 valence electrons. The van der Waals surface area contributed by atoms with Crippen molar-refractivity contribution in [2.24, 2.45) is 0 Å². The third kappa shape index (κ3) is 1.89. The first-order valence-corrected chi connectivity index (χ1v) is 6.45. The van der Waals surface area contributed by atoms with Gasteiger partial charge in [-0.15, -0.1) is 10.2 Å². The Morgan fingerprint density at radius 2 is 2.00 bits per heavy atom. The first kappa shape index (κ1) is 12.8. The minimum atomic E-state index is -0.635. The van der Waals surface area contributed by atoms with E-state index < -0.39 is 11.7 Å². The molecule has 1 amide bonds. The number of anilines is 1. The van der Waals surface area contributed by atoms with E-state index in [1.54, 1.807) is 18.2 Å². The number of Topliss-reactive ketones (excluding diaryl/α,β-unsaturated/α-hetero) is 1. The maximum absolute atomic E-state index is 12.0. The fourth-order valence-electron chi connectivity index (χ4n) is 2.09. The number of fused-ring (bicyclic) bond motifs is 1. The number of benzene rings is 1. The summed E-state index contributed by atoms with van der Waals surface area (Å²) in [5.41, 5.74) is 0.707. The molecule has 0 saturated carbocycles. The van der Waals surface area contributed by atoms with E-state index in [2.05, 4.69) is 10.2 Å². The molecular formula is C13H10ClN3O3. The Bertz CT molecular complexity index is 711. The van der Waals surface area contributed by atoms with Crippen molar-refractivity contribution in [3.8, 4) is 0 Å². The van der Waals surface area contributed by atoms with Crippen LogP contribution in [0.2, 0.25) is 5.02 Å². The van der Waals surface area contributed by atoms with Gasteiger partial charge in [0.25, 0.3) is 11.7 Å². The van der Waals surface area contributed by atoms with Gasteiger partial charge in [-0.3, -0.25) is 14.5 Å². The maximum atomic E-state index is 12.0. The Balaban J connectivity index is 1.97. The van der Waals surface area contributed by atoms with Crippen LogP contribution in [0.1, 0.15) is 29.1 Å². The topological polar surface area (TPSA) is 76.3 Å². The van der Waals surface area contributed by atoms with Gasteiger partial charge in [0.2, 0.25) is 11.8 Å². The Kier molecular flexibility index (Phi) is 3.02. The summed E-state index contributed by atoms with van der Waals surface area (Å²) >= 11 is 5.97. The summed E-state index contributed by atoms with van der Waals surface area (Å²) in [5.74, 6) is -0.467. The van der Waals surface area contributed by atoms with Gasteiger partial charge in [0.05, 0.1) is 16.3 Å². The summed E-state index contributed by atoms with van der Waals surface area (Å²) in [6, 6.07) is 4.93. The Morgan fingerprint density at radius 1 is 1.25 bits per heavy atom. The SMILES string of the molecule is CCc1nnc(CN2C(=O)C(=O)c3c(Cl)cccc32)o1. The van der Waals surface area contributed by atoms with Gasteiger partial charge in [0.1, 0.15) is 6.54 Å². The number of aryl methyl sites for hydroxylation is 1. The number of hydrogen-bond donors (Lipinski definition) is 0. The highest BCUT2D eigenvalue weighted by Crippen LogP contribution is 2.34. The summed E-state index contributed by atoms with van der Waals surface area (Å²) in [5, 5.41) is 7.95. The molecule has 7 heteroatoms. The first-order chi connectivity index (χ1) is 9.61. The second-order valence-electron chi connectivity index (χ2n) is 4.30. The molecule has 1 aliphatic rings. The monoisotopic (exact) mass is 291 g/mol. The molecule has 3 rings (SSSR count). The molecule has 1 aliphatic heterocycles. The van der Waals surface area contributed by atoms with Gasteiger partial charge in [-0.25, -0.2) is 0 Å². The fourth-order valence-corrected chi connectivity index (χ4v) is 2.34. The molecule has 0 atom stereocenters. The molecular weight excluding hydrogens is 282 g/mol. The average Bonchev–Trinajstić information content (AvgIpc) is 2.99. The van der Waals surface area contributed by atoms with E-state index in [9.17, 15) is 9.59 Å². The third-order valence-corrected chi connectivity index (χ3v) is 3.37. The van der Waals surface area contributed by atoms with E-state index in [4.69, 9.17) is 16.0 Å². The number of carbonyl (C=O) groups is 2. The minimum absolute atomic E-state index is 0.0604. The van der Waals surface area contributed by atoms with Crippen molar-refractivity contribution in [3.05, 3.63) is 40.6 Å². The molecule has 0 fully saturated rings. The van der Waals surface area contributed by atoms with E-state index >= 15 is 0 Å². The zero-order valence-electron chi connectivity index (χ0n) is 10.6. The second-order valence-corrected chi connectivity index (χ2v) is 4.70. The number of carbonyl (C=O) groups excluding carboxylic acids is 2. The molecule has 0 unspecified atom stereocenters. The lowest BCUT2D eigenvalue weighted by Crippen LogP contribution is -2.29. The Morgan fingerprint density at radius 3 is 2.70 bits per heavy atom. The van der Waals surface area contributed by atoms with Gasteiger partial charge in [-0.1, -0.05) is 24.6 Å². The van der Waals surface area contributed by atoms with Crippen molar-refractivity contribution in [2.75, 3.05) is 4.90 Å². The molecule has 2 aromatic rings. The molecule has 0 bridgehead atoms. The zero-order chi connectivity index (χ0) is 14.3. The largest absolute Gasteiger partial charge is 0.423 e. The predicted octanol–water partition coefficient (Wildman–Crippen LogP) is 2.01. The van der Waals surface area contributed by atoms with Crippen molar-refractivity contribution in [1.82, 2.24) is 10.2 Å². The normalized spacial score (nSPS) is 14.0. The Labute approximate surface area is 119 Å². The number of rotatable bonds is 3. The summed E-state index contributed by atoms with van der Waals surface area (Å²) in [4.78, 5) is 25.3. The van der Waals surface area contributed by atoms with Gasteiger partial charge in [-0.05, 0) is 12.1 Å². The summed E-state index contributed by atoms with van der Waals surface area (Å²) in [6.07, 6.45) is 0.613. The number of aromatic nitrogens is 2. The van der Waals surface area contributed by atoms with Crippen LogP contribution in [0.15, 0.2) is 22.6 Å². The highest BCUT2D eigenvalue weighted by Gasteiger charge is 2.38. The Hall–Kier alpha value is -2.21. The average molecular weight is 292 g/mol. The van der Waals surface area contributed by atoms with Crippen LogP contribution in [0.25, 0.3) is 0 Å². The summed E-state index contributed by atoms with van der Waals surface area (Å²) < 4.78 is 5.36. The molecule has 0 spiro atoms. The first-order valence-electron chi connectivity index (χ1n) is 6.07. The zero-order valence-corrected chi connectivity index (χ0v) is 11.3. The standard InChI is InChI=1S/C13H10ClN3O3/c1-2-9-15-16-10(20-9)6-17-8-5-3-4-7(14)11(8)12(18)13(17)19/h3-5H,2,6H2,1H3. The predicted molar refractivity (Wildman–Crippen MR) is 70.6 cm³/mol. The van der Waals surface area contributed by atoms with Gasteiger partial charge in [-0.2, -0.15) is 0 Å². The number of ketones is 1. The van der Waals surface area contributed by atoms with Crippen molar-refractivity contribution in [2.45, 2.75) is 19.9 Å². The van der Waals surface area contributed by atoms with Crippen LogP contribution in [0.3, 0.4) is 0 Å². The lowest BCUT2D eigenvalue weighted by Gasteiger charge is -2.13. The molecule has 0 N–H and O–H groups in total. The van der Waals surface area contributed by atoms with E-state index in [1.165, 1.54) is 4.90 Å². The second kappa shape index (κ2) is 4.72. The molecule has 1 aromatic carbocycles. The number of amides is 1. The number of nitrogens with zero attached hydrogens (tertiary/aromatic N) is 3. The van der Waals surface area contributed by atoms with Crippen LogP contribution in [0.5, 0.6) is 0 Å². The molecule has 20 heavy (non-hydrogen) atoms. The maximum Gasteiger partial charge on any atom is 0.300 e. The van der Waals surface area contributed by atoms with Crippen molar-refractivity contribution in [3.63, 3.8) is 0 Å². The highest BCUT2D eigenvalue weighted by atomic mass is 35.5. The van der Waals surface area contributed by atoms with Gasteiger partial charge < -0.3 is 4.42 Å². The molecule has 0 saturated heterocycles. The number of halogens is 1. The summed E-state index contributed by atoms with van der Waals surface area (Å²) in [6.45, 7) is 1.95. The lowest BCUT2D eigenvalue weighted by atomic mass is 10.1. The van der Waals surface area contributed by atoms with E-state index in [0.717, 1.165) is 0 Å². The quantitative estimate of drug-likeness (QED) is 0.809. The van der Waals surface area contributed by atoms with Gasteiger partial charge >= 0.3 is 0 Å². The van der Waals surface area contributed by atoms with Gasteiger partial charge in [0, 0.05) is 6.42 Å². The van der Waals surface area contributed by atoms with Crippen LogP contribution in [-0.4, -0.2) is 21.9 Å². The van der Waals surface area contributed by atoms with Crippen molar-refractivity contribution in [1.29, 1.82) is 0 Å². The molecule has 0 radical (unpaired) electrons. The van der Waals surface area contributed by atoms with Gasteiger partial charge in [0.15, 0.2) is 0 Å². The molecule has 0 aliphatic carbocycles. The van der Waals surface area contributed by atoms with Crippen LogP contribution in [0, 0.1) is 0 Å². The van der Waals surface area contributed by atoms with Crippen LogP contribution >= 0.6 is 11.6 Å². The molecule has 1 aromatic heterocycles. The van der Waals surface area contributed by atoms with Crippen LogP contribution < -0.4 is 4.90 Å². The van der Waals surface area contributed by atoms with Crippen molar-refractivity contribution < 1.29 is 14.0 Å². The summed E-state index contributed by atoms with van der Waals surface area (Å²) in [7, 11) is 0. The van der Waals surface area contributed by atoms with E-state index in [-0.39, 0.29) is 23.0 Å². The molecule has 2 heterocycles. The fraction of sp³-hybridized carbons (Fsp3) is 0.231. The number of hydrogen-bond acceptors (Lipinski definition) is 5. The van der Waals surface area contributed by atoms with Crippen molar-refractivity contribution >= 4 is 29.0 Å². The minimum Gasteiger partial charge on any atom is -0.423 e. The van der Waals surface area contributed by atoms with E-state index in [1.807, 2.05) is 6.92 Å². The molecule has 6 nitrogen and oxygen atoms in total. The smallest absolute Gasteiger partial charge is 0.300 e. The van der Waals surface area contributed by atoms with E-state index in [0.29, 0.717) is 18.0 Å². The third-order valence-electron chi connectivity index (χ3n) is 3.05. The highest BCUT2D eigenvalue weighted by molar-refractivity contribution is 6.55.